The van der Waals surface area contributed by atoms with Crippen LogP contribution in [-0.2, 0) is 0 Å². The van der Waals surface area contributed by atoms with Crippen molar-refractivity contribution in [2.45, 2.75) is 54.4 Å². The average Bonchev–Trinajstić information content (AvgIpc) is 2.25. The Morgan fingerprint density at radius 1 is 1.11 bits per heavy atom. The molecule has 7 heteroatoms. The zero-order chi connectivity index (χ0) is 13.7. The molecular formula is C12H24S6Sn. The van der Waals surface area contributed by atoms with Gasteiger partial charge in [0.1, 0.15) is 0 Å². The molecule has 2 aliphatic rings. The van der Waals surface area contributed by atoms with Crippen molar-refractivity contribution in [1.29, 1.82) is 0 Å². The molecular weight excluding hydrogens is 455 g/mol. The van der Waals surface area contributed by atoms with E-state index in [1.165, 1.54) is 36.5 Å². The van der Waals surface area contributed by atoms with Gasteiger partial charge in [-0.05, 0) is 0 Å². The molecule has 0 aromatic heterocycles. The van der Waals surface area contributed by atoms with Crippen LogP contribution in [0.1, 0.15) is 40.0 Å². The molecule has 0 radical (unpaired) electrons. The van der Waals surface area contributed by atoms with Crippen LogP contribution in [0, 0.1) is 0 Å². The molecule has 2 aliphatic heterocycles. The molecule has 2 atom stereocenters. The van der Waals surface area contributed by atoms with Crippen LogP contribution < -0.4 is 0 Å². The van der Waals surface area contributed by atoms with Gasteiger partial charge in [0.2, 0.25) is 0 Å². The summed E-state index contributed by atoms with van der Waals surface area (Å²) in [4.78, 5) is 0. The van der Waals surface area contributed by atoms with Gasteiger partial charge in [-0.25, -0.2) is 0 Å². The predicted molar refractivity (Wildman–Crippen MR) is 108 cm³/mol. The van der Waals surface area contributed by atoms with Gasteiger partial charge < -0.3 is 0 Å². The fraction of sp³-hybridized carbons (Fsp3) is 1.00. The minimum absolute atomic E-state index is 0.815. The first kappa shape index (κ1) is 18.2. The van der Waals surface area contributed by atoms with Crippen LogP contribution in [-0.4, -0.2) is 44.5 Å². The molecule has 2 fully saturated rings. The quantitative estimate of drug-likeness (QED) is 0.364. The summed E-state index contributed by atoms with van der Waals surface area (Å²) in [6.45, 7) is 7.16. The molecule has 0 amide bonds. The molecule has 0 saturated carbocycles. The van der Waals surface area contributed by atoms with Crippen molar-refractivity contribution < 1.29 is 0 Å². The van der Waals surface area contributed by atoms with Crippen molar-refractivity contribution in [1.82, 2.24) is 0 Å². The maximum atomic E-state index is 2.47. The summed E-state index contributed by atoms with van der Waals surface area (Å²) in [5, 5.41) is 0.815. The van der Waals surface area contributed by atoms with E-state index in [1.807, 2.05) is 0 Å². The van der Waals surface area contributed by atoms with Gasteiger partial charge in [0.25, 0.3) is 0 Å². The standard InChI is InChI=1S/2C3H6S2.2C3H8S.Sn/c2*4-3-1-2-5-3;1-3(2)4;1-2-3-4;/h2*3-4H,1-2H2;3-4H,1-2H3;4H,2-3H2,1H3;/q;;;;+4/p-4. The Morgan fingerprint density at radius 3 is 1.95 bits per heavy atom. The second-order valence-corrected chi connectivity index (χ2v) is 49.8. The molecule has 19 heavy (non-hydrogen) atoms. The third-order valence-electron chi connectivity index (χ3n) is 2.73. The van der Waals surface area contributed by atoms with E-state index in [9.17, 15) is 0 Å². The van der Waals surface area contributed by atoms with E-state index in [2.05, 4.69) is 80.1 Å². The SMILES string of the molecule is CCC[S][Sn]([S]C(C)C)([S]C1CCS1)[S]C1CCS1. The maximum absolute atomic E-state index is 2.47. The summed E-state index contributed by atoms with van der Waals surface area (Å²) < 4.78 is 1.90. The average molecular weight is 479 g/mol. The summed E-state index contributed by atoms with van der Waals surface area (Å²) in [5.74, 6) is 4.21. The zero-order valence-electron chi connectivity index (χ0n) is 11.9. The van der Waals surface area contributed by atoms with Gasteiger partial charge in [-0.1, -0.05) is 0 Å². The normalized spacial score (nSPS) is 29.7. The van der Waals surface area contributed by atoms with Gasteiger partial charge in [0.05, 0.1) is 0 Å². The van der Waals surface area contributed by atoms with Crippen LogP contribution in [0.5, 0.6) is 0 Å². The van der Waals surface area contributed by atoms with E-state index in [0.29, 0.717) is 0 Å². The molecule has 0 aromatic rings. The molecule has 2 rings (SSSR count). The third-order valence-corrected chi connectivity index (χ3v) is 58.1. The molecule has 0 N–H and O–H groups in total. The molecule has 2 unspecified atom stereocenters. The first-order valence-electron chi connectivity index (χ1n) is 7.04. The van der Waals surface area contributed by atoms with Gasteiger partial charge in [-0.3, -0.25) is 0 Å². The van der Waals surface area contributed by atoms with E-state index in [0.717, 1.165) is 14.4 Å². The molecule has 2 saturated heterocycles. The molecule has 0 spiro atoms. The van der Waals surface area contributed by atoms with Crippen molar-refractivity contribution in [3.05, 3.63) is 0 Å². The molecule has 0 aliphatic carbocycles. The van der Waals surface area contributed by atoms with E-state index < -0.39 is 12.8 Å². The van der Waals surface area contributed by atoms with Crippen molar-refractivity contribution in [3.8, 4) is 0 Å². The Bertz CT molecular complexity index is 251. The van der Waals surface area contributed by atoms with Crippen LogP contribution in [0.2, 0.25) is 0 Å². The van der Waals surface area contributed by atoms with Gasteiger partial charge >= 0.3 is 144 Å². The van der Waals surface area contributed by atoms with E-state index >= 15 is 0 Å². The summed E-state index contributed by atoms with van der Waals surface area (Å²) >= 11 is 2.25. The zero-order valence-corrected chi connectivity index (χ0v) is 19.7. The second-order valence-electron chi connectivity index (χ2n) is 4.93. The number of thioether (sulfide) groups is 2. The monoisotopic (exact) mass is 480 g/mol. The molecule has 0 aromatic carbocycles. The number of rotatable bonds is 9. The molecule has 112 valence electrons. The van der Waals surface area contributed by atoms with E-state index in [1.54, 1.807) is 0 Å². The Morgan fingerprint density at radius 2 is 1.63 bits per heavy atom. The Balaban J connectivity index is 1.98. The Kier molecular flexibility index (Phi) is 8.89. The summed E-state index contributed by atoms with van der Waals surface area (Å²) in [7, 11) is 9.79. The third kappa shape index (κ3) is 6.13. The van der Waals surface area contributed by atoms with Crippen LogP contribution in [0.25, 0.3) is 0 Å². The summed E-state index contributed by atoms with van der Waals surface area (Å²) in [6, 6.07) is 0. The van der Waals surface area contributed by atoms with Gasteiger partial charge in [0, 0.05) is 0 Å². The predicted octanol–water partition coefficient (Wildman–Crippen LogP) is 6.10. The van der Waals surface area contributed by atoms with Gasteiger partial charge in [-0.15, -0.1) is 0 Å². The second kappa shape index (κ2) is 9.26. The van der Waals surface area contributed by atoms with E-state index in [-0.39, 0.29) is 0 Å². The number of hydrogen-bond donors (Lipinski definition) is 0. The van der Waals surface area contributed by atoms with Crippen LogP contribution >= 0.6 is 59.3 Å². The number of hydrogen-bond acceptors (Lipinski definition) is 6. The summed E-state index contributed by atoms with van der Waals surface area (Å²) in [6.07, 6.45) is 4.29. The van der Waals surface area contributed by atoms with E-state index in [4.69, 9.17) is 0 Å². The minimum atomic E-state index is -2.17. The van der Waals surface area contributed by atoms with Gasteiger partial charge in [0.15, 0.2) is 0 Å². The molecule has 0 nitrogen and oxygen atoms in total. The molecule has 2 heterocycles. The Hall–Kier alpha value is 2.90. The molecule has 0 bridgehead atoms. The van der Waals surface area contributed by atoms with Crippen molar-refractivity contribution in [2.75, 3.05) is 17.3 Å². The van der Waals surface area contributed by atoms with Gasteiger partial charge in [-0.2, -0.15) is 0 Å². The topological polar surface area (TPSA) is 0 Å². The van der Waals surface area contributed by atoms with Crippen LogP contribution in [0.15, 0.2) is 0 Å². The van der Waals surface area contributed by atoms with Crippen LogP contribution in [0.3, 0.4) is 0 Å². The van der Waals surface area contributed by atoms with Crippen LogP contribution in [0.4, 0.5) is 0 Å². The summed E-state index contributed by atoms with van der Waals surface area (Å²) in [5.41, 5.74) is 0. The van der Waals surface area contributed by atoms with Crippen molar-refractivity contribution in [3.63, 3.8) is 0 Å². The first-order valence-corrected chi connectivity index (χ1v) is 26.7. The van der Waals surface area contributed by atoms with Crippen molar-refractivity contribution >= 4 is 72.2 Å². The fourth-order valence-corrected chi connectivity index (χ4v) is 80.8. The Labute approximate surface area is 142 Å². The fourth-order valence-electron chi connectivity index (χ4n) is 1.64. The first-order chi connectivity index (χ1) is 9.13. The van der Waals surface area contributed by atoms with Crippen molar-refractivity contribution in [2.24, 2.45) is 0 Å².